The highest BCUT2D eigenvalue weighted by Gasteiger charge is 2.38. The van der Waals surface area contributed by atoms with Crippen LogP contribution in [0.1, 0.15) is 11.1 Å². The Bertz CT molecular complexity index is 604. The van der Waals surface area contributed by atoms with Crippen molar-refractivity contribution in [3.05, 3.63) is 47.8 Å². The number of hydrogen-bond acceptors (Lipinski definition) is 2. The lowest BCUT2D eigenvalue weighted by Crippen LogP contribution is -2.12. The van der Waals surface area contributed by atoms with Crippen molar-refractivity contribution >= 4 is 0 Å². The Hall–Kier alpha value is -2.12. The summed E-state index contributed by atoms with van der Waals surface area (Å²) in [6.07, 6.45) is -7.37. The first-order valence-electron chi connectivity index (χ1n) is 5.25. The van der Waals surface area contributed by atoms with Crippen LogP contribution in [0.3, 0.4) is 0 Å². The molecule has 0 amide bonds. The fraction of sp³-hybridized carbons (Fsp3) is 0.167. The molecule has 0 fully saturated rings. The van der Waals surface area contributed by atoms with E-state index in [1.165, 1.54) is 18.5 Å². The SMILES string of the molecule is FC(F)(F)c1ccc(-c2ncccn2)c(C(F)(F)F)c1. The molecule has 0 atom stereocenters. The van der Waals surface area contributed by atoms with Crippen molar-refractivity contribution in [2.75, 3.05) is 0 Å². The number of alkyl halides is 6. The van der Waals surface area contributed by atoms with Gasteiger partial charge in [-0.05, 0) is 24.3 Å². The first kappa shape index (κ1) is 14.3. The van der Waals surface area contributed by atoms with E-state index in [4.69, 9.17) is 0 Å². The summed E-state index contributed by atoms with van der Waals surface area (Å²) in [6, 6.07) is 2.74. The van der Waals surface area contributed by atoms with Gasteiger partial charge in [-0.1, -0.05) is 0 Å². The molecule has 106 valence electrons. The summed E-state index contributed by atoms with van der Waals surface area (Å²) in [5.41, 5.74) is -3.28. The highest BCUT2D eigenvalue weighted by atomic mass is 19.4. The first-order chi connectivity index (χ1) is 9.19. The number of aromatic nitrogens is 2. The third kappa shape index (κ3) is 2.89. The second-order valence-corrected chi connectivity index (χ2v) is 3.83. The van der Waals surface area contributed by atoms with E-state index in [1.54, 1.807) is 0 Å². The Balaban J connectivity index is 2.65. The van der Waals surface area contributed by atoms with Gasteiger partial charge in [0, 0.05) is 18.0 Å². The Morgan fingerprint density at radius 3 is 1.90 bits per heavy atom. The standard InChI is InChI=1S/C12H6F6N2/c13-11(14,15)7-2-3-8(9(6-7)12(16,17)18)10-19-4-1-5-20-10/h1-6H. The molecule has 0 saturated carbocycles. The molecule has 0 N–H and O–H groups in total. The van der Waals surface area contributed by atoms with Gasteiger partial charge in [0.25, 0.3) is 0 Å². The van der Waals surface area contributed by atoms with Crippen molar-refractivity contribution in [3.8, 4) is 11.4 Å². The lowest BCUT2D eigenvalue weighted by molar-refractivity contribution is -0.142. The zero-order chi connectivity index (χ0) is 15.0. The fourth-order valence-corrected chi connectivity index (χ4v) is 1.59. The molecule has 0 bridgehead atoms. The van der Waals surface area contributed by atoms with Gasteiger partial charge in [-0.25, -0.2) is 9.97 Å². The Morgan fingerprint density at radius 2 is 1.40 bits per heavy atom. The lowest BCUT2D eigenvalue weighted by atomic mass is 10.0. The van der Waals surface area contributed by atoms with Crippen LogP contribution < -0.4 is 0 Å². The predicted molar refractivity (Wildman–Crippen MR) is 57.5 cm³/mol. The number of benzene rings is 1. The smallest absolute Gasteiger partial charge is 0.237 e. The van der Waals surface area contributed by atoms with Crippen molar-refractivity contribution in [1.82, 2.24) is 9.97 Å². The predicted octanol–water partition coefficient (Wildman–Crippen LogP) is 4.18. The van der Waals surface area contributed by atoms with Crippen LogP contribution in [0.25, 0.3) is 11.4 Å². The number of halogens is 6. The summed E-state index contributed by atoms with van der Waals surface area (Å²) >= 11 is 0. The van der Waals surface area contributed by atoms with E-state index in [1.807, 2.05) is 0 Å². The second-order valence-electron chi connectivity index (χ2n) is 3.83. The maximum Gasteiger partial charge on any atom is 0.417 e. The molecular weight excluding hydrogens is 286 g/mol. The molecule has 2 aromatic rings. The molecule has 8 heteroatoms. The molecule has 0 aliphatic heterocycles. The molecule has 0 unspecified atom stereocenters. The van der Waals surface area contributed by atoms with Crippen molar-refractivity contribution in [2.45, 2.75) is 12.4 Å². The number of nitrogens with zero attached hydrogens (tertiary/aromatic N) is 2. The minimum atomic E-state index is -4.93. The molecule has 0 radical (unpaired) electrons. The van der Waals surface area contributed by atoms with E-state index in [-0.39, 0.29) is 11.9 Å². The van der Waals surface area contributed by atoms with Gasteiger partial charge >= 0.3 is 12.4 Å². The van der Waals surface area contributed by atoms with Gasteiger partial charge in [-0.3, -0.25) is 0 Å². The van der Waals surface area contributed by atoms with E-state index in [0.717, 1.165) is 6.07 Å². The molecule has 1 aromatic carbocycles. The minimum Gasteiger partial charge on any atom is -0.237 e. The molecule has 1 heterocycles. The highest BCUT2D eigenvalue weighted by molar-refractivity contribution is 5.62. The van der Waals surface area contributed by atoms with E-state index >= 15 is 0 Å². The average molecular weight is 292 g/mol. The third-order valence-electron chi connectivity index (χ3n) is 2.46. The zero-order valence-electron chi connectivity index (χ0n) is 9.63. The number of rotatable bonds is 1. The Labute approximate surface area is 109 Å². The third-order valence-corrected chi connectivity index (χ3v) is 2.46. The van der Waals surface area contributed by atoms with Crippen molar-refractivity contribution in [3.63, 3.8) is 0 Å². The van der Waals surface area contributed by atoms with Crippen molar-refractivity contribution in [2.24, 2.45) is 0 Å². The van der Waals surface area contributed by atoms with Crippen LogP contribution in [-0.4, -0.2) is 9.97 Å². The largest absolute Gasteiger partial charge is 0.417 e. The molecule has 1 aromatic heterocycles. The van der Waals surface area contributed by atoms with Crippen LogP contribution in [0.15, 0.2) is 36.7 Å². The van der Waals surface area contributed by atoms with Gasteiger partial charge in [0.1, 0.15) is 0 Å². The fourth-order valence-electron chi connectivity index (χ4n) is 1.59. The van der Waals surface area contributed by atoms with Gasteiger partial charge in [0.2, 0.25) is 0 Å². The Morgan fingerprint density at radius 1 is 0.800 bits per heavy atom. The number of hydrogen-bond donors (Lipinski definition) is 0. The summed E-state index contributed by atoms with van der Waals surface area (Å²) in [7, 11) is 0. The van der Waals surface area contributed by atoms with E-state index in [0.29, 0.717) is 6.07 Å². The summed E-state index contributed by atoms with van der Waals surface area (Å²) in [5, 5.41) is 0. The van der Waals surface area contributed by atoms with Gasteiger partial charge < -0.3 is 0 Å². The lowest BCUT2D eigenvalue weighted by Gasteiger charge is -2.15. The van der Waals surface area contributed by atoms with Crippen LogP contribution >= 0.6 is 0 Å². The van der Waals surface area contributed by atoms with Crippen molar-refractivity contribution < 1.29 is 26.3 Å². The van der Waals surface area contributed by atoms with Crippen LogP contribution in [0, 0.1) is 0 Å². The van der Waals surface area contributed by atoms with Crippen LogP contribution in [-0.2, 0) is 12.4 Å². The van der Waals surface area contributed by atoms with Gasteiger partial charge in [0.05, 0.1) is 11.1 Å². The van der Waals surface area contributed by atoms with Crippen LogP contribution in [0.2, 0.25) is 0 Å². The molecular formula is C12H6F6N2. The molecule has 0 aliphatic carbocycles. The maximum atomic E-state index is 12.9. The molecule has 20 heavy (non-hydrogen) atoms. The minimum absolute atomic E-state index is 0.0612. The maximum absolute atomic E-state index is 12.9. The van der Waals surface area contributed by atoms with Crippen LogP contribution in [0.5, 0.6) is 0 Å². The summed E-state index contributed by atoms with van der Waals surface area (Å²) in [4.78, 5) is 7.25. The zero-order valence-corrected chi connectivity index (χ0v) is 9.63. The average Bonchev–Trinajstić information content (AvgIpc) is 2.37. The highest BCUT2D eigenvalue weighted by Crippen LogP contribution is 2.39. The quantitative estimate of drug-likeness (QED) is 0.737. The molecule has 0 spiro atoms. The van der Waals surface area contributed by atoms with Gasteiger partial charge in [-0.15, -0.1) is 0 Å². The van der Waals surface area contributed by atoms with E-state index in [9.17, 15) is 26.3 Å². The molecule has 0 saturated heterocycles. The van der Waals surface area contributed by atoms with Crippen molar-refractivity contribution in [1.29, 1.82) is 0 Å². The van der Waals surface area contributed by atoms with Gasteiger partial charge in [-0.2, -0.15) is 26.3 Å². The van der Waals surface area contributed by atoms with E-state index in [2.05, 4.69) is 9.97 Å². The summed E-state index contributed by atoms with van der Waals surface area (Å²) < 4.78 is 76.1. The molecule has 0 aliphatic rings. The first-order valence-corrected chi connectivity index (χ1v) is 5.25. The normalized spacial score (nSPS) is 12.5. The second kappa shape index (κ2) is 4.77. The molecule has 2 nitrogen and oxygen atoms in total. The van der Waals surface area contributed by atoms with Gasteiger partial charge in [0.15, 0.2) is 5.82 Å². The topological polar surface area (TPSA) is 25.8 Å². The summed E-state index contributed by atoms with van der Waals surface area (Å²) in [6.45, 7) is 0. The molecule has 2 rings (SSSR count). The monoisotopic (exact) mass is 292 g/mol. The van der Waals surface area contributed by atoms with E-state index < -0.39 is 29.0 Å². The Kier molecular flexibility index (Phi) is 3.41. The summed E-state index contributed by atoms with van der Waals surface area (Å²) in [5.74, 6) is -0.284. The van der Waals surface area contributed by atoms with Crippen LogP contribution in [0.4, 0.5) is 26.3 Å².